The molecule has 1 aliphatic carbocycles. The van der Waals surface area contributed by atoms with E-state index < -0.39 is 5.79 Å². The highest BCUT2D eigenvalue weighted by Gasteiger charge is 2.33. The number of hydrogen-bond acceptors (Lipinski definition) is 6. The van der Waals surface area contributed by atoms with Crippen LogP contribution in [0.2, 0.25) is 0 Å². The molecule has 1 saturated heterocycles. The Bertz CT molecular complexity index is 1300. The van der Waals surface area contributed by atoms with Crippen molar-refractivity contribution in [1.82, 2.24) is 34.2 Å². The van der Waals surface area contributed by atoms with Crippen molar-refractivity contribution in [3.8, 4) is 22.5 Å². The van der Waals surface area contributed by atoms with Crippen molar-refractivity contribution in [3.63, 3.8) is 0 Å². The molecule has 5 heterocycles. The van der Waals surface area contributed by atoms with Crippen LogP contribution in [-0.4, -0.2) is 52.7 Å². The first-order chi connectivity index (χ1) is 16.5. The topological polar surface area (TPSA) is 84.3 Å². The Labute approximate surface area is 198 Å². The monoisotopic (exact) mass is 461 g/mol. The predicted octanol–water partition coefficient (Wildman–Crippen LogP) is 4.36. The molecule has 0 aromatic carbocycles. The number of nitrogens with zero attached hydrogens (tertiary/aromatic N) is 7. The molecule has 1 saturated carbocycles. The van der Waals surface area contributed by atoms with Crippen LogP contribution in [0, 0.1) is 5.92 Å². The molecule has 1 unspecified atom stereocenters. The molecule has 4 aromatic rings. The Balaban J connectivity index is 1.30. The van der Waals surface area contributed by atoms with Gasteiger partial charge in [-0.1, -0.05) is 19.8 Å². The lowest BCUT2D eigenvalue weighted by Gasteiger charge is -2.18. The van der Waals surface area contributed by atoms with Crippen molar-refractivity contribution in [1.29, 1.82) is 0 Å². The fourth-order valence-corrected chi connectivity index (χ4v) is 5.42. The summed E-state index contributed by atoms with van der Waals surface area (Å²) in [6.07, 6.45) is 16.6. The summed E-state index contributed by atoms with van der Waals surface area (Å²) < 4.78 is 17.5. The second-order valence-corrected chi connectivity index (χ2v) is 9.91. The van der Waals surface area contributed by atoms with Gasteiger partial charge in [0.1, 0.15) is 6.10 Å². The van der Waals surface area contributed by atoms with Gasteiger partial charge in [0.2, 0.25) is 0 Å². The minimum Gasteiger partial charge on any atom is -0.348 e. The summed E-state index contributed by atoms with van der Waals surface area (Å²) in [6.45, 7) is 7.34. The van der Waals surface area contributed by atoms with E-state index in [0.717, 1.165) is 28.0 Å². The van der Waals surface area contributed by atoms with Crippen molar-refractivity contribution < 1.29 is 9.47 Å². The minimum absolute atomic E-state index is 0.0201. The largest absolute Gasteiger partial charge is 0.348 e. The summed E-state index contributed by atoms with van der Waals surface area (Å²) in [4.78, 5) is 5.04. The number of fused-ring (bicyclic) bond motifs is 1. The van der Waals surface area contributed by atoms with Crippen LogP contribution < -0.4 is 0 Å². The molecule has 2 fully saturated rings. The fraction of sp³-hybridized carbons (Fsp3) is 0.520. The van der Waals surface area contributed by atoms with E-state index in [2.05, 4.69) is 28.0 Å². The first-order valence-electron chi connectivity index (χ1n) is 12.2. The van der Waals surface area contributed by atoms with Crippen molar-refractivity contribution in [2.45, 2.75) is 70.9 Å². The predicted molar refractivity (Wildman–Crippen MR) is 127 cm³/mol. The third-order valence-corrected chi connectivity index (χ3v) is 7.13. The Morgan fingerprint density at radius 3 is 2.76 bits per heavy atom. The molecule has 3 atom stereocenters. The van der Waals surface area contributed by atoms with Crippen molar-refractivity contribution in [2.24, 2.45) is 5.92 Å². The zero-order valence-corrected chi connectivity index (χ0v) is 20.0. The van der Waals surface area contributed by atoms with Gasteiger partial charge in [0.15, 0.2) is 5.79 Å². The number of ether oxygens (including phenoxy) is 2. The maximum absolute atomic E-state index is 5.93. The highest BCUT2D eigenvalue weighted by atomic mass is 16.7. The van der Waals surface area contributed by atoms with E-state index >= 15 is 0 Å². The quantitative estimate of drug-likeness (QED) is 0.424. The molecular weight excluding hydrogens is 430 g/mol. The van der Waals surface area contributed by atoms with E-state index in [-0.39, 0.29) is 6.10 Å². The molecule has 9 nitrogen and oxygen atoms in total. The molecule has 0 amide bonds. The fourth-order valence-electron chi connectivity index (χ4n) is 5.42. The normalized spacial score (nSPS) is 24.4. The highest BCUT2D eigenvalue weighted by molar-refractivity contribution is 5.78. The van der Waals surface area contributed by atoms with Gasteiger partial charge in [0.25, 0.3) is 0 Å². The molecule has 0 spiro atoms. The Morgan fingerprint density at radius 2 is 1.94 bits per heavy atom. The van der Waals surface area contributed by atoms with Crippen molar-refractivity contribution in [2.75, 3.05) is 6.61 Å². The van der Waals surface area contributed by atoms with Crippen molar-refractivity contribution >= 4 is 5.52 Å². The summed E-state index contributed by atoms with van der Waals surface area (Å²) in [7, 11) is 0. The van der Waals surface area contributed by atoms with E-state index in [4.69, 9.17) is 19.6 Å². The molecule has 0 N–H and O–H groups in total. The SMILES string of the molecule is CC[C@@H]1CCC[C@@H]1n1cc(-c2nc(-c3cnn(CC4COC(C)(C)O4)c3)cn3nccc23)cn1. The van der Waals surface area contributed by atoms with Crippen molar-refractivity contribution in [3.05, 3.63) is 43.2 Å². The van der Waals surface area contributed by atoms with Gasteiger partial charge in [0, 0.05) is 23.5 Å². The zero-order chi connectivity index (χ0) is 23.3. The summed E-state index contributed by atoms with van der Waals surface area (Å²) in [5.74, 6) is 0.162. The van der Waals surface area contributed by atoms with E-state index in [1.807, 2.05) is 53.9 Å². The van der Waals surface area contributed by atoms with Crippen LogP contribution in [0.25, 0.3) is 28.0 Å². The van der Waals surface area contributed by atoms with Crippen LogP contribution in [0.4, 0.5) is 0 Å². The van der Waals surface area contributed by atoms with Crippen LogP contribution in [0.5, 0.6) is 0 Å². The summed E-state index contributed by atoms with van der Waals surface area (Å²) in [5.41, 5.74) is 4.62. The van der Waals surface area contributed by atoms with Gasteiger partial charge in [-0.25, -0.2) is 9.50 Å². The average Bonchev–Trinajstić information content (AvgIpc) is 3.62. The maximum atomic E-state index is 5.93. The average molecular weight is 462 g/mol. The summed E-state index contributed by atoms with van der Waals surface area (Å²) in [5, 5.41) is 13.8. The van der Waals surface area contributed by atoms with E-state index in [9.17, 15) is 0 Å². The molecule has 6 rings (SSSR count). The van der Waals surface area contributed by atoms with Gasteiger partial charge < -0.3 is 9.47 Å². The Hall–Kier alpha value is -3.04. The molecule has 9 heteroatoms. The Morgan fingerprint density at radius 1 is 1.06 bits per heavy atom. The standard InChI is InChI=1S/C25H31N7O2/c1-4-17-6-5-7-22(17)31-13-19(11-28-31)24-23-8-9-26-32(23)15-21(29-24)18-10-27-30(12-18)14-20-16-33-25(2,3)34-20/h8-13,15,17,20,22H,4-7,14,16H2,1-3H3/t17-,20?,22+/m1/s1. The lowest BCUT2D eigenvalue weighted by atomic mass is 10.0. The molecular formula is C25H31N7O2. The van der Waals surface area contributed by atoms with Crippen LogP contribution in [0.15, 0.2) is 43.2 Å². The first kappa shape index (κ1) is 21.5. The van der Waals surface area contributed by atoms with Gasteiger partial charge in [0.05, 0.1) is 60.9 Å². The number of aromatic nitrogens is 7. The van der Waals surface area contributed by atoms with E-state index in [1.54, 1.807) is 6.20 Å². The number of rotatable bonds is 6. The lowest BCUT2D eigenvalue weighted by molar-refractivity contribution is -0.139. The molecule has 2 aliphatic rings. The summed E-state index contributed by atoms with van der Waals surface area (Å²) >= 11 is 0. The van der Waals surface area contributed by atoms with E-state index in [1.165, 1.54) is 25.7 Å². The zero-order valence-electron chi connectivity index (χ0n) is 20.0. The van der Waals surface area contributed by atoms with Gasteiger partial charge in [-0.05, 0) is 38.7 Å². The van der Waals surface area contributed by atoms with Crippen LogP contribution in [0.1, 0.15) is 52.5 Å². The highest BCUT2D eigenvalue weighted by Crippen LogP contribution is 2.38. The van der Waals surface area contributed by atoms with Gasteiger partial charge in [-0.2, -0.15) is 15.3 Å². The molecule has 0 radical (unpaired) electrons. The lowest BCUT2D eigenvalue weighted by Crippen LogP contribution is -2.24. The molecule has 34 heavy (non-hydrogen) atoms. The second kappa shape index (κ2) is 8.32. The minimum atomic E-state index is -0.539. The number of hydrogen-bond donors (Lipinski definition) is 0. The third-order valence-electron chi connectivity index (χ3n) is 7.13. The Kier molecular flexibility index (Phi) is 5.26. The first-order valence-corrected chi connectivity index (χ1v) is 12.2. The maximum Gasteiger partial charge on any atom is 0.163 e. The third kappa shape index (κ3) is 3.92. The van der Waals surface area contributed by atoms with Crippen LogP contribution in [0.3, 0.4) is 0 Å². The van der Waals surface area contributed by atoms with Gasteiger partial charge >= 0.3 is 0 Å². The second-order valence-electron chi connectivity index (χ2n) is 9.91. The van der Waals surface area contributed by atoms with E-state index in [0.29, 0.717) is 25.1 Å². The van der Waals surface area contributed by atoms with Crippen LogP contribution in [-0.2, 0) is 16.0 Å². The smallest absolute Gasteiger partial charge is 0.163 e. The summed E-state index contributed by atoms with van der Waals surface area (Å²) in [6, 6.07) is 2.48. The van der Waals surface area contributed by atoms with Gasteiger partial charge in [-0.3, -0.25) is 9.36 Å². The molecule has 0 bridgehead atoms. The molecule has 4 aromatic heterocycles. The molecule has 178 valence electrons. The molecule has 1 aliphatic heterocycles. The van der Waals surface area contributed by atoms with Gasteiger partial charge in [-0.15, -0.1) is 0 Å². The van der Waals surface area contributed by atoms with Crippen LogP contribution >= 0.6 is 0 Å².